The van der Waals surface area contributed by atoms with Crippen molar-refractivity contribution in [2.24, 2.45) is 7.05 Å². The van der Waals surface area contributed by atoms with Gasteiger partial charge in [0.15, 0.2) is 0 Å². The number of carbonyl (C=O) groups is 1. The van der Waals surface area contributed by atoms with Gasteiger partial charge < -0.3 is 4.90 Å². The molecule has 0 saturated carbocycles. The number of likely N-dealkylation sites (tertiary alicyclic amines) is 1. The van der Waals surface area contributed by atoms with Gasteiger partial charge in [-0.2, -0.15) is 10.2 Å². The molecule has 0 bridgehead atoms. The Morgan fingerprint density at radius 3 is 2.58 bits per heavy atom. The third kappa shape index (κ3) is 3.18. The van der Waals surface area contributed by atoms with Gasteiger partial charge in [0.1, 0.15) is 6.04 Å². The van der Waals surface area contributed by atoms with Gasteiger partial charge in [0.05, 0.1) is 11.4 Å². The molecule has 7 heteroatoms. The topological polar surface area (TPSA) is 73.0 Å². The van der Waals surface area contributed by atoms with E-state index in [0.717, 1.165) is 42.8 Å². The van der Waals surface area contributed by atoms with Crippen LogP contribution in [0.15, 0.2) is 16.9 Å². The average Bonchev–Trinajstić information content (AvgIpc) is 2.87. The van der Waals surface area contributed by atoms with Crippen molar-refractivity contribution in [1.29, 1.82) is 0 Å². The lowest BCUT2D eigenvalue weighted by molar-refractivity contribution is -0.138. The molecular formula is C19H27N5O2. The van der Waals surface area contributed by atoms with Crippen molar-refractivity contribution >= 4 is 5.91 Å². The number of hydrogen-bond acceptors (Lipinski definition) is 4. The van der Waals surface area contributed by atoms with Gasteiger partial charge in [-0.05, 0) is 53.0 Å². The Labute approximate surface area is 153 Å². The first-order chi connectivity index (χ1) is 12.3. The van der Waals surface area contributed by atoms with Gasteiger partial charge in [0.25, 0.3) is 5.56 Å². The average molecular weight is 357 g/mol. The first kappa shape index (κ1) is 18.4. The molecule has 1 aliphatic rings. The minimum atomic E-state index is -0.625. The van der Waals surface area contributed by atoms with Crippen molar-refractivity contribution in [1.82, 2.24) is 24.5 Å². The Morgan fingerprint density at radius 1 is 1.23 bits per heavy atom. The van der Waals surface area contributed by atoms with Crippen LogP contribution >= 0.6 is 0 Å². The maximum Gasteiger partial charge on any atom is 0.267 e. The molecular weight excluding hydrogens is 330 g/mol. The largest absolute Gasteiger partial charge is 0.338 e. The monoisotopic (exact) mass is 357 g/mol. The zero-order chi connectivity index (χ0) is 19.0. The van der Waals surface area contributed by atoms with Crippen molar-refractivity contribution in [3.63, 3.8) is 0 Å². The van der Waals surface area contributed by atoms with Gasteiger partial charge in [0.2, 0.25) is 5.91 Å². The Hall–Kier alpha value is -2.44. The van der Waals surface area contributed by atoms with Crippen LogP contribution in [0.25, 0.3) is 11.3 Å². The molecule has 3 heterocycles. The van der Waals surface area contributed by atoms with E-state index in [1.165, 1.54) is 10.7 Å². The Balaban J connectivity index is 1.97. The summed E-state index contributed by atoms with van der Waals surface area (Å²) in [7, 11) is 1.88. The van der Waals surface area contributed by atoms with E-state index in [1.807, 2.05) is 25.8 Å². The Kier molecular flexibility index (Phi) is 4.98. The van der Waals surface area contributed by atoms with Gasteiger partial charge in [-0.25, -0.2) is 4.68 Å². The molecule has 2 aromatic heterocycles. The summed E-state index contributed by atoms with van der Waals surface area (Å²) in [4.78, 5) is 27.2. The van der Waals surface area contributed by atoms with E-state index in [1.54, 1.807) is 17.7 Å². The summed E-state index contributed by atoms with van der Waals surface area (Å²) in [6.45, 7) is 8.46. The van der Waals surface area contributed by atoms with Crippen LogP contribution < -0.4 is 5.56 Å². The smallest absolute Gasteiger partial charge is 0.267 e. The van der Waals surface area contributed by atoms with Crippen LogP contribution in [-0.2, 0) is 11.8 Å². The first-order valence-electron chi connectivity index (χ1n) is 9.22. The normalized spacial score (nSPS) is 18.8. The highest BCUT2D eigenvalue weighted by Crippen LogP contribution is 2.25. The maximum atomic E-state index is 13.0. The molecule has 140 valence electrons. The highest BCUT2D eigenvalue weighted by Gasteiger charge is 2.29. The lowest BCUT2D eigenvalue weighted by Gasteiger charge is -2.35. The van der Waals surface area contributed by atoms with E-state index in [-0.39, 0.29) is 17.5 Å². The molecule has 0 radical (unpaired) electrons. The summed E-state index contributed by atoms with van der Waals surface area (Å²) >= 11 is 0. The van der Waals surface area contributed by atoms with Crippen LogP contribution in [0, 0.1) is 13.8 Å². The van der Waals surface area contributed by atoms with Crippen LogP contribution in [0.3, 0.4) is 0 Å². The number of piperidine rings is 1. The van der Waals surface area contributed by atoms with E-state index < -0.39 is 6.04 Å². The fourth-order valence-electron chi connectivity index (χ4n) is 3.75. The van der Waals surface area contributed by atoms with E-state index >= 15 is 0 Å². The fourth-order valence-corrected chi connectivity index (χ4v) is 3.75. The third-order valence-corrected chi connectivity index (χ3v) is 5.40. The molecule has 1 aliphatic heterocycles. The molecule has 1 saturated heterocycles. The summed E-state index contributed by atoms with van der Waals surface area (Å²) in [5.41, 5.74) is 3.14. The molecule has 0 N–H and O–H groups in total. The van der Waals surface area contributed by atoms with Crippen molar-refractivity contribution < 1.29 is 4.79 Å². The maximum absolute atomic E-state index is 13.0. The standard InChI is InChI=1S/C19H27N5O2/c1-12-8-6-7-11-23(12)19(26)15(4)24-17(25)10-9-16(21-24)18-13(2)20-22(5)14(18)3/h9-10,12,15H,6-8,11H2,1-5H3/t12-,15-/m0/s1. The molecule has 3 rings (SSSR count). The molecule has 0 aromatic carbocycles. The molecule has 1 fully saturated rings. The zero-order valence-corrected chi connectivity index (χ0v) is 16.2. The van der Waals surface area contributed by atoms with E-state index in [4.69, 9.17) is 0 Å². The van der Waals surface area contributed by atoms with E-state index in [9.17, 15) is 9.59 Å². The van der Waals surface area contributed by atoms with Crippen LogP contribution in [0.1, 0.15) is 50.5 Å². The number of hydrogen-bond donors (Lipinski definition) is 0. The van der Waals surface area contributed by atoms with Gasteiger partial charge in [-0.15, -0.1) is 0 Å². The predicted molar refractivity (Wildman–Crippen MR) is 99.9 cm³/mol. The quantitative estimate of drug-likeness (QED) is 0.844. The summed E-state index contributed by atoms with van der Waals surface area (Å²) in [5, 5.41) is 8.94. The second-order valence-electron chi connectivity index (χ2n) is 7.22. The third-order valence-electron chi connectivity index (χ3n) is 5.40. The van der Waals surface area contributed by atoms with Crippen LogP contribution in [0.4, 0.5) is 0 Å². The fraction of sp³-hybridized carbons (Fsp3) is 0.579. The lowest BCUT2D eigenvalue weighted by atomic mass is 10.0. The SMILES string of the molecule is Cc1nn(C)c(C)c1-c1ccc(=O)n([C@@H](C)C(=O)N2CCCC[C@@H]2C)n1. The lowest BCUT2D eigenvalue weighted by Crippen LogP contribution is -2.46. The zero-order valence-electron chi connectivity index (χ0n) is 16.2. The Morgan fingerprint density at radius 2 is 1.96 bits per heavy atom. The Bertz CT molecular complexity index is 883. The molecule has 2 aromatic rings. The number of aryl methyl sites for hydroxylation is 2. The van der Waals surface area contributed by atoms with E-state index in [2.05, 4.69) is 17.1 Å². The number of amides is 1. The number of rotatable bonds is 3. The predicted octanol–water partition coefficient (Wildman–Crippen LogP) is 2.22. The van der Waals surface area contributed by atoms with Crippen LogP contribution in [0.5, 0.6) is 0 Å². The van der Waals surface area contributed by atoms with Crippen LogP contribution in [0.2, 0.25) is 0 Å². The van der Waals surface area contributed by atoms with Gasteiger partial charge >= 0.3 is 0 Å². The van der Waals surface area contributed by atoms with Crippen molar-refractivity contribution in [2.75, 3.05) is 6.54 Å². The van der Waals surface area contributed by atoms with Crippen LogP contribution in [-0.4, -0.2) is 43.0 Å². The second-order valence-corrected chi connectivity index (χ2v) is 7.22. The van der Waals surface area contributed by atoms with Crippen molar-refractivity contribution in [3.8, 4) is 11.3 Å². The second kappa shape index (κ2) is 7.05. The summed E-state index contributed by atoms with van der Waals surface area (Å²) < 4.78 is 3.11. The molecule has 7 nitrogen and oxygen atoms in total. The number of nitrogens with zero attached hydrogens (tertiary/aromatic N) is 5. The summed E-state index contributed by atoms with van der Waals surface area (Å²) in [6.07, 6.45) is 3.17. The molecule has 0 aliphatic carbocycles. The molecule has 26 heavy (non-hydrogen) atoms. The van der Waals surface area contributed by atoms with E-state index in [0.29, 0.717) is 5.69 Å². The summed E-state index contributed by atoms with van der Waals surface area (Å²) in [6, 6.07) is 2.77. The molecule has 0 unspecified atom stereocenters. The minimum Gasteiger partial charge on any atom is -0.338 e. The summed E-state index contributed by atoms with van der Waals surface area (Å²) in [5.74, 6) is -0.0384. The molecule has 0 spiro atoms. The highest BCUT2D eigenvalue weighted by atomic mass is 16.2. The molecule has 2 atom stereocenters. The van der Waals surface area contributed by atoms with Crippen molar-refractivity contribution in [2.45, 2.75) is 59.0 Å². The first-order valence-corrected chi connectivity index (χ1v) is 9.22. The number of carbonyl (C=O) groups excluding carboxylic acids is 1. The van der Waals surface area contributed by atoms with Crippen molar-refractivity contribution in [3.05, 3.63) is 33.9 Å². The van der Waals surface area contributed by atoms with Gasteiger partial charge in [0, 0.05) is 37.0 Å². The molecule has 1 amide bonds. The minimum absolute atomic E-state index is 0.0384. The van der Waals surface area contributed by atoms with Gasteiger partial charge in [-0.1, -0.05) is 0 Å². The van der Waals surface area contributed by atoms with Gasteiger partial charge in [-0.3, -0.25) is 14.3 Å². The highest BCUT2D eigenvalue weighted by molar-refractivity contribution is 5.80. The number of aromatic nitrogens is 4.